The maximum Gasteiger partial charge on any atom is 0.229 e. The number of nitrogens with zero attached hydrogens (tertiary/aromatic N) is 3. The fourth-order valence-corrected chi connectivity index (χ4v) is 4.97. The highest BCUT2D eigenvalue weighted by molar-refractivity contribution is 7.12. The molecule has 0 fully saturated rings. The van der Waals surface area contributed by atoms with Crippen LogP contribution < -0.4 is 5.32 Å². The Morgan fingerprint density at radius 2 is 1.88 bits per heavy atom. The third kappa shape index (κ3) is 3.86. The van der Waals surface area contributed by atoms with Crippen molar-refractivity contribution in [1.82, 2.24) is 14.6 Å². The van der Waals surface area contributed by atoms with Crippen LogP contribution in [0.15, 0.2) is 71.7 Å². The molecule has 4 aromatic heterocycles. The number of benzene rings is 1. The Morgan fingerprint density at radius 1 is 1.03 bits per heavy atom. The van der Waals surface area contributed by atoms with Crippen molar-refractivity contribution in [2.24, 2.45) is 0 Å². The fraction of sp³-hybridized carbons (Fsp3) is 0.0833. The Hall–Kier alpha value is -3.62. The normalized spacial score (nSPS) is 11.0. The van der Waals surface area contributed by atoms with Gasteiger partial charge in [0.15, 0.2) is 5.65 Å². The first-order valence-corrected chi connectivity index (χ1v) is 11.7. The van der Waals surface area contributed by atoms with Crippen molar-refractivity contribution in [3.8, 4) is 11.3 Å². The van der Waals surface area contributed by atoms with E-state index in [0.29, 0.717) is 28.2 Å². The molecule has 0 saturated carbocycles. The number of fused-ring (bicyclic) bond motifs is 1. The molecule has 0 bridgehead atoms. The van der Waals surface area contributed by atoms with Crippen molar-refractivity contribution in [2.75, 3.05) is 5.32 Å². The van der Waals surface area contributed by atoms with Crippen LogP contribution in [0, 0.1) is 6.92 Å². The summed E-state index contributed by atoms with van der Waals surface area (Å²) in [5.74, 6) is -0.156. The Kier molecular flexibility index (Phi) is 5.38. The van der Waals surface area contributed by atoms with E-state index < -0.39 is 0 Å². The van der Waals surface area contributed by atoms with Crippen molar-refractivity contribution in [3.05, 3.63) is 92.6 Å². The Morgan fingerprint density at radius 3 is 2.66 bits per heavy atom. The SMILES string of the molecule is Cc1cnc2c(C(=O)c3cccs3)cnn2c1-c1cccc(NC(=O)Cc2cccs2)c1. The second-order valence-corrected chi connectivity index (χ2v) is 9.25. The molecule has 8 heteroatoms. The molecule has 0 aliphatic rings. The summed E-state index contributed by atoms with van der Waals surface area (Å²) in [4.78, 5) is 31.5. The largest absolute Gasteiger partial charge is 0.326 e. The number of thiophene rings is 2. The molecular formula is C24H18N4O2S2. The zero-order valence-corrected chi connectivity index (χ0v) is 18.7. The van der Waals surface area contributed by atoms with Crippen LogP contribution in [-0.4, -0.2) is 26.3 Å². The van der Waals surface area contributed by atoms with Gasteiger partial charge in [0.1, 0.15) is 0 Å². The summed E-state index contributed by atoms with van der Waals surface area (Å²) < 4.78 is 1.70. The maximum absolute atomic E-state index is 12.9. The Bertz CT molecular complexity index is 1420. The molecule has 0 radical (unpaired) electrons. The van der Waals surface area contributed by atoms with Gasteiger partial charge in [0.25, 0.3) is 0 Å². The summed E-state index contributed by atoms with van der Waals surface area (Å²) >= 11 is 2.96. The van der Waals surface area contributed by atoms with E-state index in [2.05, 4.69) is 15.4 Å². The van der Waals surface area contributed by atoms with Crippen LogP contribution in [0.5, 0.6) is 0 Å². The third-order valence-corrected chi connectivity index (χ3v) is 6.78. The van der Waals surface area contributed by atoms with Gasteiger partial charge in [-0.3, -0.25) is 9.59 Å². The van der Waals surface area contributed by atoms with Crippen molar-refractivity contribution >= 4 is 45.7 Å². The van der Waals surface area contributed by atoms with Crippen molar-refractivity contribution in [2.45, 2.75) is 13.3 Å². The lowest BCUT2D eigenvalue weighted by molar-refractivity contribution is -0.115. The molecule has 1 aromatic carbocycles. The highest BCUT2D eigenvalue weighted by atomic mass is 32.1. The summed E-state index contributed by atoms with van der Waals surface area (Å²) in [6.45, 7) is 1.95. The predicted octanol–water partition coefficient (Wildman–Crippen LogP) is 5.24. The minimum atomic E-state index is -0.0908. The number of aryl methyl sites for hydroxylation is 1. The number of carbonyl (C=O) groups excluding carboxylic acids is 2. The van der Waals surface area contributed by atoms with Crippen LogP contribution in [0.3, 0.4) is 0 Å². The fourth-order valence-electron chi connectivity index (χ4n) is 3.59. The van der Waals surface area contributed by atoms with E-state index in [1.165, 1.54) is 11.3 Å². The lowest BCUT2D eigenvalue weighted by Gasteiger charge is -2.11. The highest BCUT2D eigenvalue weighted by Crippen LogP contribution is 2.28. The van der Waals surface area contributed by atoms with E-state index in [9.17, 15) is 9.59 Å². The summed E-state index contributed by atoms with van der Waals surface area (Å²) in [7, 11) is 0. The summed E-state index contributed by atoms with van der Waals surface area (Å²) in [5, 5.41) is 11.3. The van der Waals surface area contributed by atoms with E-state index in [0.717, 1.165) is 21.7 Å². The van der Waals surface area contributed by atoms with E-state index in [-0.39, 0.29) is 11.7 Å². The standard InChI is InChI=1S/C24H18N4O2S2/c1-15-13-25-24-19(23(30)20-8-4-10-32-20)14-26-28(24)22(15)16-5-2-6-17(11-16)27-21(29)12-18-7-3-9-31-18/h2-11,13-14H,12H2,1H3,(H,27,29). The summed E-state index contributed by atoms with van der Waals surface area (Å²) in [6.07, 6.45) is 3.66. The molecule has 0 atom stereocenters. The van der Waals surface area contributed by atoms with Gasteiger partial charge in [0.05, 0.1) is 28.8 Å². The van der Waals surface area contributed by atoms with Gasteiger partial charge in [-0.1, -0.05) is 24.3 Å². The van der Waals surface area contributed by atoms with Crippen molar-refractivity contribution < 1.29 is 9.59 Å². The van der Waals surface area contributed by atoms with Crippen LogP contribution in [0.2, 0.25) is 0 Å². The topological polar surface area (TPSA) is 76.4 Å². The maximum atomic E-state index is 12.9. The van der Waals surface area contributed by atoms with Crippen molar-refractivity contribution in [3.63, 3.8) is 0 Å². The predicted molar refractivity (Wildman–Crippen MR) is 128 cm³/mol. The van der Waals surface area contributed by atoms with E-state index >= 15 is 0 Å². The molecule has 0 unspecified atom stereocenters. The minimum Gasteiger partial charge on any atom is -0.326 e. The number of hydrogen-bond acceptors (Lipinski definition) is 6. The molecule has 5 aromatic rings. The number of rotatable bonds is 6. The number of aromatic nitrogens is 3. The molecular weight excluding hydrogens is 440 g/mol. The van der Waals surface area contributed by atoms with E-state index in [1.54, 1.807) is 34.3 Å². The van der Waals surface area contributed by atoms with E-state index in [1.807, 2.05) is 60.1 Å². The van der Waals surface area contributed by atoms with Crippen LogP contribution in [0.25, 0.3) is 16.9 Å². The van der Waals surface area contributed by atoms with E-state index in [4.69, 9.17) is 0 Å². The second-order valence-electron chi connectivity index (χ2n) is 7.28. The van der Waals surface area contributed by atoms with Crippen molar-refractivity contribution in [1.29, 1.82) is 0 Å². The van der Waals surface area contributed by atoms with Gasteiger partial charge in [-0.05, 0) is 47.5 Å². The molecule has 32 heavy (non-hydrogen) atoms. The number of hydrogen-bond donors (Lipinski definition) is 1. The Balaban J connectivity index is 1.49. The molecule has 0 spiro atoms. The average Bonchev–Trinajstić information content (AvgIpc) is 3.55. The molecule has 158 valence electrons. The van der Waals surface area contributed by atoms with Gasteiger partial charge >= 0.3 is 0 Å². The second kappa shape index (κ2) is 8.49. The first-order valence-electron chi connectivity index (χ1n) is 9.94. The molecule has 1 amide bonds. The zero-order valence-electron chi connectivity index (χ0n) is 17.1. The molecule has 4 heterocycles. The first-order chi connectivity index (χ1) is 15.6. The molecule has 6 nitrogen and oxygen atoms in total. The molecule has 5 rings (SSSR count). The summed E-state index contributed by atoms with van der Waals surface area (Å²) in [5.41, 5.74) is 4.30. The molecule has 0 aliphatic carbocycles. The highest BCUT2D eigenvalue weighted by Gasteiger charge is 2.20. The number of anilines is 1. The third-order valence-electron chi connectivity index (χ3n) is 5.03. The lowest BCUT2D eigenvalue weighted by atomic mass is 10.1. The number of ketones is 1. The average molecular weight is 459 g/mol. The Labute approximate surface area is 192 Å². The van der Waals surface area contributed by atoms with Gasteiger partial charge in [-0.2, -0.15) is 5.10 Å². The molecule has 0 aliphatic heterocycles. The molecule has 1 N–H and O–H groups in total. The van der Waals surface area contributed by atoms with Gasteiger partial charge < -0.3 is 5.32 Å². The van der Waals surface area contributed by atoms with Crippen LogP contribution in [0.1, 0.15) is 25.7 Å². The minimum absolute atomic E-state index is 0.0656. The van der Waals surface area contributed by atoms with Crippen LogP contribution >= 0.6 is 22.7 Å². The quantitative estimate of drug-likeness (QED) is 0.353. The lowest BCUT2D eigenvalue weighted by Crippen LogP contribution is -2.13. The van der Waals surface area contributed by atoms with Crippen LogP contribution in [0.4, 0.5) is 5.69 Å². The van der Waals surface area contributed by atoms with Gasteiger partial charge in [0.2, 0.25) is 11.7 Å². The summed E-state index contributed by atoms with van der Waals surface area (Å²) in [6, 6.07) is 15.2. The number of amides is 1. The number of carbonyl (C=O) groups is 2. The molecule has 0 saturated heterocycles. The number of nitrogens with one attached hydrogen (secondary N) is 1. The first kappa shape index (κ1) is 20.3. The smallest absolute Gasteiger partial charge is 0.229 e. The van der Waals surface area contributed by atoms with Gasteiger partial charge in [-0.25, -0.2) is 9.50 Å². The van der Waals surface area contributed by atoms with Gasteiger partial charge in [0, 0.05) is 22.3 Å². The monoisotopic (exact) mass is 458 g/mol. The van der Waals surface area contributed by atoms with Crippen LogP contribution in [-0.2, 0) is 11.2 Å². The zero-order chi connectivity index (χ0) is 22.1. The van der Waals surface area contributed by atoms with Gasteiger partial charge in [-0.15, -0.1) is 22.7 Å².